The molecule has 3 spiro atoms. The van der Waals surface area contributed by atoms with Gasteiger partial charge in [0.25, 0.3) is 11.4 Å². The molecule has 7 aliphatic heterocycles. The van der Waals surface area contributed by atoms with E-state index in [2.05, 4.69) is 39.3 Å². The highest BCUT2D eigenvalue weighted by atomic mass is 16.8. The highest BCUT2D eigenvalue weighted by Gasteiger charge is 2.80. The quantitative estimate of drug-likeness (QED) is 0.0575. The van der Waals surface area contributed by atoms with Gasteiger partial charge in [0.15, 0.2) is 28.6 Å². The molecule has 0 amide bonds. The van der Waals surface area contributed by atoms with Crippen molar-refractivity contribution >= 4 is 22.9 Å². The number of carboxylic acid groups (broad SMARTS) is 1. The highest BCUT2D eigenvalue weighted by molar-refractivity contribution is 5.90. The van der Waals surface area contributed by atoms with Gasteiger partial charge < -0.3 is 89.8 Å². The molecule has 80 heavy (non-hydrogen) atoms. The summed E-state index contributed by atoms with van der Waals surface area (Å²) in [6.45, 7) is -0.411. The maximum Gasteiger partial charge on any atom is 0.351 e. The van der Waals surface area contributed by atoms with Crippen LogP contribution < -0.4 is 20.8 Å². The Bertz CT molecular complexity index is 3610. The van der Waals surface area contributed by atoms with Crippen LogP contribution in [0.4, 0.5) is 0 Å². The third-order valence-corrected chi connectivity index (χ3v) is 18.2. The molecule has 3 aliphatic carbocycles. The molecule has 2 saturated carbocycles. The van der Waals surface area contributed by atoms with E-state index in [1.807, 2.05) is 6.08 Å². The minimum Gasteiger partial charge on any atom is -0.507 e. The van der Waals surface area contributed by atoms with E-state index in [1.165, 1.54) is 12.1 Å². The van der Waals surface area contributed by atoms with Crippen molar-refractivity contribution in [3.63, 3.8) is 0 Å². The van der Waals surface area contributed by atoms with Gasteiger partial charge in [-0.2, -0.15) is 0 Å². The number of piperidine rings is 1. The fraction of sp³-hybridized carbons (Fsp3) is 0.466. The summed E-state index contributed by atoms with van der Waals surface area (Å²) in [7, 11) is 0. The number of rotatable bonds is 5. The van der Waals surface area contributed by atoms with Gasteiger partial charge in [-0.3, -0.25) is 10.1 Å². The molecule has 418 valence electrons. The van der Waals surface area contributed by atoms with Crippen molar-refractivity contribution in [2.75, 3.05) is 6.61 Å². The Morgan fingerprint density at radius 1 is 0.912 bits per heavy atom. The second kappa shape index (κ2) is 18.4. The standard InChI is InChI=1S/C58H57N3O19/c62-16-9-28-17-29(20-37(64)43(28)65)38-23-36(63)42-39(76-38)24-40-41(44(42)66)33(30-19-34-27-5-3-6-32(18-27)61-50(34)60-25-30)21-31-22-35-26(8-15-59-35)7-14-54(10-1-2-11-54)58(75)49(71)48(70)57(31,78-40)80-56(58)13-4-12-55(52(72)73)47(69)45(67)46(68)51(79-55)77-53(56)74/h8,15,17,19-21,23-25,27,32-33,45-51,59-62,64-71,75H,1-3,5-6,9-11,13,16,18,22H2,(H,72,73)/t27-,32+,33-,45+,46+,47-,48+,49+,50?,51-,55-,56+,57-,58+/m0/s1. The van der Waals surface area contributed by atoms with E-state index >= 15 is 4.79 Å². The summed E-state index contributed by atoms with van der Waals surface area (Å²) >= 11 is 0. The minimum atomic E-state index is -3.16. The van der Waals surface area contributed by atoms with E-state index in [9.17, 15) is 65.8 Å². The largest absolute Gasteiger partial charge is 0.507 e. The number of allylic oxidation sites excluding steroid dienone is 3. The molecular weight excluding hydrogens is 1040 g/mol. The molecule has 22 heteroatoms. The first-order valence-electron chi connectivity index (χ1n) is 26.8. The zero-order valence-corrected chi connectivity index (χ0v) is 42.6. The summed E-state index contributed by atoms with van der Waals surface area (Å²) in [6, 6.07) is 6.78. The van der Waals surface area contributed by atoms with Crippen molar-refractivity contribution < 1.29 is 89.1 Å². The third kappa shape index (κ3) is 7.27. The summed E-state index contributed by atoms with van der Waals surface area (Å²) in [5, 5.41) is 136. The van der Waals surface area contributed by atoms with E-state index in [1.54, 1.807) is 24.5 Å². The maximum atomic E-state index is 15.8. The van der Waals surface area contributed by atoms with Gasteiger partial charge in [0.2, 0.25) is 11.9 Å². The lowest BCUT2D eigenvalue weighted by Crippen LogP contribution is -2.83. The fourth-order valence-corrected chi connectivity index (χ4v) is 14.2. The Kier molecular flexibility index (Phi) is 12.0. The van der Waals surface area contributed by atoms with Crippen molar-refractivity contribution in [2.45, 2.75) is 148 Å². The van der Waals surface area contributed by atoms with Crippen LogP contribution in [0.3, 0.4) is 0 Å². The van der Waals surface area contributed by atoms with Crippen molar-refractivity contribution in [1.29, 1.82) is 0 Å². The van der Waals surface area contributed by atoms with Gasteiger partial charge in [0.1, 0.15) is 52.6 Å². The molecule has 14 atom stereocenters. The number of ether oxygens (including phenoxy) is 4. The van der Waals surface area contributed by atoms with Gasteiger partial charge in [-0.1, -0.05) is 55.1 Å². The minimum absolute atomic E-state index is 0.0265. The van der Waals surface area contributed by atoms with Crippen LogP contribution in [0.5, 0.6) is 23.0 Å². The number of aliphatic hydroxyl groups excluding tert-OH is 6. The lowest BCUT2D eigenvalue weighted by molar-refractivity contribution is -0.394. The number of phenols is 3. The Morgan fingerprint density at radius 3 is 2.49 bits per heavy atom. The number of aliphatic hydroxyl groups is 7. The average molecular weight is 1100 g/mol. The molecule has 5 fully saturated rings. The predicted molar refractivity (Wildman–Crippen MR) is 275 cm³/mol. The molecule has 10 aliphatic rings. The summed E-state index contributed by atoms with van der Waals surface area (Å²) in [4.78, 5) is 46.8. The Hall–Kier alpha value is -7.19. The molecular formula is C58H57N3O19. The molecule has 0 radical (unpaired) electrons. The zero-order chi connectivity index (χ0) is 56.0. The molecule has 6 bridgehead atoms. The number of hydrogen-bond acceptors (Lipinski definition) is 20. The number of benzene rings is 2. The van der Waals surface area contributed by atoms with Gasteiger partial charge in [-0.15, -0.1) is 0 Å². The number of dihydropyridines is 1. The van der Waals surface area contributed by atoms with Gasteiger partial charge >= 0.3 is 11.9 Å². The number of nitrogens with one attached hydrogen (secondary N) is 3. The molecule has 14 N–H and O–H groups in total. The first kappa shape index (κ1) is 52.2. The summed E-state index contributed by atoms with van der Waals surface area (Å²) in [6.07, 6.45) is -4.94. The topological polar surface area (TPSA) is 364 Å². The Labute approximate surface area is 454 Å². The van der Waals surface area contributed by atoms with E-state index in [-0.39, 0.29) is 88.6 Å². The number of phenolic OH excluding ortho intramolecular Hbond substituents is 3. The van der Waals surface area contributed by atoms with Gasteiger partial charge in [-0.05, 0) is 73.8 Å². The number of H-pyrrole nitrogens is 1. The smallest absolute Gasteiger partial charge is 0.351 e. The van der Waals surface area contributed by atoms with Crippen LogP contribution in [0.2, 0.25) is 0 Å². The lowest BCUT2D eigenvalue weighted by atomic mass is 9.56. The number of esters is 1. The van der Waals surface area contributed by atoms with Crippen molar-refractivity contribution in [3.8, 4) is 58.0 Å². The van der Waals surface area contributed by atoms with Crippen molar-refractivity contribution in [3.05, 3.63) is 104 Å². The number of aromatic nitrogens is 1. The van der Waals surface area contributed by atoms with Gasteiger partial charge in [0, 0.05) is 83.0 Å². The molecule has 1 unspecified atom stereocenters. The normalized spacial score (nSPS) is 36.3. The number of carboxylic acids is 1. The first-order valence-corrected chi connectivity index (χ1v) is 26.8. The molecule has 14 rings (SSSR count). The predicted octanol–water partition coefficient (Wildman–Crippen LogP) is 1.04. The number of aromatic hydroxyl groups is 3. The van der Waals surface area contributed by atoms with Crippen LogP contribution in [-0.2, 0) is 36.6 Å². The second-order valence-corrected chi connectivity index (χ2v) is 22.5. The average Bonchev–Trinajstić information content (AvgIpc) is 3.98. The van der Waals surface area contributed by atoms with E-state index < -0.39 is 118 Å². The van der Waals surface area contributed by atoms with E-state index in [0.29, 0.717) is 29.7 Å². The number of aromatic amines is 1. The van der Waals surface area contributed by atoms with E-state index in [0.717, 1.165) is 43.4 Å². The van der Waals surface area contributed by atoms with E-state index in [4.69, 9.17) is 23.4 Å². The maximum absolute atomic E-state index is 15.8. The highest BCUT2D eigenvalue weighted by Crippen LogP contribution is 2.62. The summed E-state index contributed by atoms with van der Waals surface area (Å²) in [5.74, 6) is 1.37. The lowest BCUT2D eigenvalue weighted by Gasteiger charge is -2.62. The number of carbonyl (C=O) groups is 2. The number of hydrogen-bond donors (Lipinski definition) is 14. The third-order valence-electron chi connectivity index (χ3n) is 18.2. The van der Waals surface area contributed by atoms with Crippen LogP contribution in [0.15, 0.2) is 80.8 Å². The molecule has 3 saturated heterocycles. The van der Waals surface area contributed by atoms with Crippen LogP contribution in [0, 0.1) is 35.0 Å². The zero-order valence-electron chi connectivity index (χ0n) is 42.6. The summed E-state index contributed by atoms with van der Waals surface area (Å²) < 4.78 is 32.2. The van der Waals surface area contributed by atoms with Crippen LogP contribution in [-0.4, -0.2) is 151 Å². The van der Waals surface area contributed by atoms with Gasteiger partial charge in [-0.25, -0.2) is 9.59 Å². The monoisotopic (exact) mass is 1100 g/mol. The van der Waals surface area contributed by atoms with Crippen LogP contribution in [0.1, 0.15) is 86.1 Å². The van der Waals surface area contributed by atoms with Crippen LogP contribution in [0.25, 0.3) is 22.3 Å². The molecule has 4 aromatic rings. The number of fused-ring (bicyclic) bond motifs is 9. The van der Waals surface area contributed by atoms with Crippen LogP contribution >= 0.6 is 0 Å². The van der Waals surface area contributed by atoms with Gasteiger partial charge in [0.05, 0.1) is 18.0 Å². The van der Waals surface area contributed by atoms with Crippen molar-refractivity contribution in [1.82, 2.24) is 15.6 Å². The number of carbonyl (C=O) groups excluding carboxylic acids is 1. The molecule has 2 aromatic carbocycles. The SMILES string of the molecule is O=C(O)[C@@]12C#CC[C@@]3(O[C@@]45Oc6cc7oc(-c8cc(O)c(O)c(CCO)c8)cc(=O)c7c(O)c6[C@H](C6=CNC7N[C@@H]8CCC[C@@H](C8)C7=C6)C=C4Cc4[nH]ccc4C#CC4(CCCC4)[C@]3(O)[C@H](O)[C@H]5O)C(=O)O[C@@H](O1)[C@H](O)[C@@H](O)[C@@H]2O. The van der Waals surface area contributed by atoms with Crippen molar-refractivity contribution in [2.24, 2.45) is 11.3 Å². The number of aliphatic carboxylic acids is 1. The summed E-state index contributed by atoms with van der Waals surface area (Å²) in [5.41, 5.74) is -9.99. The molecule has 2 aromatic heterocycles. The molecule has 9 heterocycles. The Morgan fingerprint density at radius 2 is 1.71 bits per heavy atom. The Balaban J connectivity index is 1.09. The fourth-order valence-electron chi connectivity index (χ4n) is 14.2. The first-order chi connectivity index (χ1) is 38.3. The molecule has 22 nitrogen and oxygen atoms in total. The second-order valence-electron chi connectivity index (χ2n) is 22.5.